The van der Waals surface area contributed by atoms with E-state index in [0.29, 0.717) is 32.1 Å². The van der Waals surface area contributed by atoms with Crippen LogP contribution < -0.4 is 5.32 Å². The molecule has 0 unspecified atom stereocenters. The number of ether oxygens (including phenoxy) is 1. The summed E-state index contributed by atoms with van der Waals surface area (Å²) >= 11 is 5.44. The minimum absolute atomic E-state index is 0.154. The van der Waals surface area contributed by atoms with Crippen LogP contribution in [0.2, 0.25) is 0 Å². The van der Waals surface area contributed by atoms with E-state index in [1.54, 1.807) is 0 Å². The van der Waals surface area contributed by atoms with Gasteiger partial charge >= 0.3 is 0 Å². The molecule has 0 heterocycles. The first-order chi connectivity index (χ1) is 7.31. The highest BCUT2D eigenvalue weighted by atomic mass is 35.5. The Hall–Kier alpha value is -0.280. The Labute approximate surface area is 97.5 Å². The van der Waals surface area contributed by atoms with Crippen molar-refractivity contribution in [1.82, 2.24) is 5.32 Å². The molecule has 0 spiro atoms. The van der Waals surface area contributed by atoms with Crippen molar-refractivity contribution >= 4 is 17.5 Å². The van der Waals surface area contributed by atoms with Crippen LogP contribution in [0.3, 0.4) is 0 Å². The third-order valence-electron chi connectivity index (χ3n) is 2.02. The topological polar surface area (TPSA) is 38.3 Å². The van der Waals surface area contributed by atoms with Crippen LogP contribution in [-0.2, 0) is 9.53 Å². The van der Waals surface area contributed by atoms with E-state index in [1.165, 1.54) is 0 Å². The van der Waals surface area contributed by atoms with Gasteiger partial charge in [-0.25, -0.2) is 0 Å². The third-order valence-corrected chi connectivity index (χ3v) is 2.17. The fourth-order valence-electron chi connectivity index (χ4n) is 1.18. The van der Waals surface area contributed by atoms with E-state index in [1.807, 2.05) is 0 Å². The molecular weight excluding hydrogens is 214 g/mol. The summed E-state index contributed by atoms with van der Waals surface area (Å²) in [5, 5.41) is 2.87. The van der Waals surface area contributed by atoms with Crippen LogP contribution in [0.4, 0.5) is 0 Å². The number of halogens is 1. The van der Waals surface area contributed by atoms with Gasteiger partial charge in [0.05, 0.1) is 6.61 Å². The number of carbonyl (C=O) groups excluding carboxylic acids is 1. The number of rotatable bonds is 10. The maximum atomic E-state index is 11.2. The molecule has 0 saturated carbocycles. The Morgan fingerprint density at radius 2 is 2.07 bits per heavy atom. The molecule has 0 radical (unpaired) electrons. The number of hydrogen-bond acceptors (Lipinski definition) is 2. The van der Waals surface area contributed by atoms with E-state index in [4.69, 9.17) is 16.3 Å². The fraction of sp³-hybridized carbons (Fsp3) is 0.909. The molecule has 15 heavy (non-hydrogen) atoms. The number of amides is 1. The SMILES string of the molecule is CCCCCC(=O)NCCCOCCCl. The standard InChI is InChI=1S/C11H22ClNO2/c1-2-3-4-6-11(14)13-8-5-9-15-10-7-12/h2-10H2,1H3,(H,13,14). The molecule has 0 atom stereocenters. The number of nitrogens with one attached hydrogen (secondary N) is 1. The number of unbranched alkanes of at least 4 members (excludes halogenated alkanes) is 2. The molecule has 0 aromatic rings. The summed E-state index contributed by atoms with van der Waals surface area (Å²) in [6, 6.07) is 0. The van der Waals surface area contributed by atoms with E-state index >= 15 is 0 Å². The van der Waals surface area contributed by atoms with Crippen molar-refractivity contribution in [2.75, 3.05) is 25.6 Å². The number of hydrogen-bond donors (Lipinski definition) is 1. The maximum Gasteiger partial charge on any atom is 0.219 e. The molecule has 90 valence electrons. The zero-order chi connectivity index (χ0) is 11.4. The van der Waals surface area contributed by atoms with Gasteiger partial charge in [-0.2, -0.15) is 0 Å². The molecule has 0 aromatic heterocycles. The Morgan fingerprint density at radius 3 is 2.73 bits per heavy atom. The zero-order valence-electron chi connectivity index (χ0n) is 9.56. The molecule has 0 rings (SSSR count). The molecule has 4 heteroatoms. The Bertz CT molecular complexity index is 154. The van der Waals surface area contributed by atoms with Gasteiger partial charge in [-0.05, 0) is 12.8 Å². The van der Waals surface area contributed by atoms with E-state index < -0.39 is 0 Å². The Balaban J connectivity index is 3.10. The van der Waals surface area contributed by atoms with Crippen molar-refractivity contribution in [3.05, 3.63) is 0 Å². The molecular formula is C11H22ClNO2. The van der Waals surface area contributed by atoms with Crippen molar-refractivity contribution in [3.63, 3.8) is 0 Å². The summed E-state index contributed by atoms with van der Waals surface area (Å²) in [5.74, 6) is 0.685. The predicted molar refractivity (Wildman–Crippen MR) is 63.3 cm³/mol. The molecule has 0 aromatic carbocycles. The van der Waals surface area contributed by atoms with Gasteiger partial charge in [0.2, 0.25) is 5.91 Å². The fourth-order valence-corrected chi connectivity index (χ4v) is 1.29. The van der Waals surface area contributed by atoms with Gasteiger partial charge in [-0.3, -0.25) is 4.79 Å². The van der Waals surface area contributed by atoms with Crippen molar-refractivity contribution in [2.24, 2.45) is 0 Å². The van der Waals surface area contributed by atoms with Crippen LogP contribution in [-0.4, -0.2) is 31.5 Å². The van der Waals surface area contributed by atoms with E-state index in [2.05, 4.69) is 12.2 Å². The second-order valence-electron chi connectivity index (χ2n) is 3.46. The van der Waals surface area contributed by atoms with Crippen molar-refractivity contribution < 1.29 is 9.53 Å². The van der Waals surface area contributed by atoms with Crippen LogP contribution >= 0.6 is 11.6 Å². The minimum Gasteiger partial charge on any atom is -0.380 e. The van der Waals surface area contributed by atoms with E-state index in [0.717, 1.165) is 25.7 Å². The first kappa shape index (κ1) is 14.7. The molecule has 1 N–H and O–H groups in total. The predicted octanol–water partition coefficient (Wildman–Crippen LogP) is 2.33. The zero-order valence-corrected chi connectivity index (χ0v) is 10.3. The number of alkyl halides is 1. The highest BCUT2D eigenvalue weighted by Crippen LogP contribution is 1.98. The van der Waals surface area contributed by atoms with Gasteiger partial charge in [0.15, 0.2) is 0 Å². The monoisotopic (exact) mass is 235 g/mol. The smallest absolute Gasteiger partial charge is 0.219 e. The van der Waals surface area contributed by atoms with Gasteiger partial charge in [-0.1, -0.05) is 19.8 Å². The Morgan fingerprint density at radius 1 is 1.27 bits per heavy atom. The highest BCUT2D eigenvalue weighted by Gasteiger charge is 1.99. The van der Waals surface area contributed by atoms with Gasteiger partial charge in [0.1, 0.15) is 0 Å². The molecule has 3 nitrogen and oxygen atoms in total. The lowest BCUT2D eigenvalue weighted by Gasteiger charge is -2.05. The molecule has 1 amide bonds. The molecule has 0 bridgehead atoms. The van der Waals surface area contributed by atoms with Crippen molar-refractivity contribution in [1.29, 1.82) is 0 Å². The second kappa shape index (κ2) is 11.8. The highest BCUT2D eigenvalue weighted by molar-refractivity contribution is 6.17. The van der Waals surface area contributed by atoms with Gasteiger partial charge < -0.3 is 10.1 Å². The van der Waals surface area contributed by atoms with Crippen LogP contribution in [0.25, 0.3) is 0 Å². The average Bonchev–Trinajstić information content (AvgIpc) is 2.23. The summed E-state index contributed by atoms with van der Waals surface area (Å²) < 4.78 is 5.18. The Kier molecular flexibility index (Phi) is 11.6. The van der Waals surface area contributed by atoms with Gasteiger partial charge in [0.25, 0.3) is 0 Å². The molecule has 0 saturated heterocycles. The summed E-state index contributed by atoms with van der Waals surface area (Å²) in [6.07, 6.45) is 4.78. The normalized spacial score (nSPS) is 10.3. The lowest BCUT2D eigenvalue weighted by atomic mass is 10.2. The van der Waals surface area contributed by atoms with Crippen LogP contribution in [0.5, 0.6) is 0 Å². The summed E-state index contributed by atoms with van der Waals surface area (Å²) in [5.41, 5.74) is 0. The molecule has 0 aliphatic heterocycles. The largest absolute Gasteiger partial charge is 0.380 e. The first-order valence-electron chi connectivity index (χ1n) is 5.71. The summed E-state index contributed by atoms with van der Waals surface area (Å²) in [4.78, 5) is 11.2. The quantitative estimate of drug-likeness (QED) is 0.466. The molecule has 0 fully saturated rings. The lowest BCUT2D eigenvalue weighted by molar-refractivity contribution is -0.121. The van der Waals surface area contributed by atoms with Crippen LogP contribution in [0.15, 0.2) is 0 Å². The minimum atomic E-state index is 0.154. The van der Waals surface area contributed by atoms with E-state index in [9.17, 15) is 4.79 Å². The third kappa shape index (κ3) is 11.6. The molecule has 0 aliphatic rings. The number of carbonyl (C=O) groups is 1. The van der Waals surface area contributed by atoms with Crippen molar-refractivity contribution in [3.8, 4) is 0 Å². The molecule has 0 aliphatic carbocycles. The first-order valence-corrected chi connectivity index (χ1v) is 6.25. The summed E-state index contributed by atoms with van der Waals surface area (Å²) in [6.45, 7) is 4.09. The van der Waals surface area contributed by atoms with Crippen molar-refractivity contribution in [2.45, 2.75) is 39.0 Å². The van der Waals surface area contributed by atoms with E-state index in [-0.39, 0.29) is 5.91 Å². The second-order valence-corrected chi connectivity index (χ2v) is 3.84. The summed E-state index contributed by atoms with van der Waals surface area (Å²) in [7, 11) is 0. The van der Waals surface area contributed by atoms with Crippen LogP contribution in [0.1, 0.15) is 39.0 Å². The maximum absolute atomic E-state index is 11.2. The van der Waals surface area contributed by atoms with Gasteiger partial charge in [-0.15, -0.1) is 11.6 Å². The van der Waals surface area contributed by atoms with Crippen LogP contribution in [0, 0.1) is 0 Å². The lowest BCUT2D eigenvalue weighted by Crippen LogP contribution is -2.24. The average molecular weight is 236 g/mol. The van der Waals surface area contributed by atoms with Gasteiger partial charge in [0, 0.05) is 25.5 Å².